The molecule has 3 heteroatoms. The molecule has 4 aromatic rings. The molecular formula is C21H19N3. The smallest absolute Gasteiger partial charge is 0.0704 e. The Kier molecular flexibility index (Phi) is 3.62. The summed E-state index contributed by atoms with van der Waals surface area (Å²) in [5.41, 5.74) is 6.92. The number of hydrogen-bond acceptors (Lipinski definition) is 2. The molecule has 2 aromatic carbocycles. The van der Waals surface area contributed by atoms with E-state index in [1.807, 2.05) is 23.9 Å². The molecule has 0 N–H and O–H groups in total. The second-order valence-corrected chi connectivity index (χ2v) is 6.13. The Hall–Kier alpha value is -2.94. The predicted molar refractivity (Wildman–Crippen MR) is 97.6 cm³/mol. The van der Waals surface area contributed by atoms with Crippen LogP contribution in [-0.4, -0.2) is 14.8 Å². The van der Waals surface area contributed by atoms with Crippen molar-refractivity contribution < 1.29 is 0 Å². The molecule has 2 heterocycles. The monoisotopic (exact) mass is 313 g/mol. The van der Waals surface area contributed by atoms with E-state index < -0.39 is 0 Å². The van der Waals surface area contributed by atoms with E-state index in [1.165, 1.54) is 16.5 Å². The van der Waals surface area contributed by atoms with Crippen molar-refractivity contribution in [3.8, 4) is 5.69 Å². The Morgan fingerprint density at radius 2 is 1.71 bits per heavy atom. The van der Waals surface area contributed by atoms with Gasteiger partial charge in [-0.1, -0.05) is 36.4 Å². The number of para-hydroxylation sites is 1. The summed E-state index contributed by atoms with van der Waals surface area (Å²) in [4.78, 5) is 4.46. The van der Waals surface area contributed by atoms with E-state index in [-0.39, 0.29) is 0 Å². The highest BCUT2D eigenvalue weighted by Crippen LogP contribution is 2.24. The lowest BCUT2D eigenvalue weighted by molar-refractivity contribution is 0.823. The van der Waals surface area contributed by atoms with Crippen LogP contribution in [0.5, 0.6) is 0 Å². The SMILES string of the molecule is Cc1cc(C)n(-c2ccccc2Cc2cccc3ncccc23)n1. The largest absolute Gasteiger partial charge is 0.256 e. The first kappa shape index (κ1) is 14.6. The third-order valence-corrected chi connectivity index (χ3v) is 4.35. The van der Waals surface area contributed by atoms with E-state index in [9.17, 15) is 0 Å². The lowest BCUT2D eigenvalue weighted by Crippen LogP contribution is -2.04. The van der Waals surface area contributed by atoms with Crippen LogP contribution >= 0.6 is 0 Å². The summed E-state index contributed by atoms with van der Waals surface area (Å²) in [6.07, 6.45) is 2.70. The van der Waals surface area contributed by atoms with Gasteiger partial charge in [-0.2, -0.15) is 5.10 Å². The molecule has 0 amide bonds. The van der Waals surface area contributed by atoms with Crippen molar-refractivity contribution in [1.82, 2.24) is 14.8 Å². The molecular weight excluding hydrogens is 294 g/mol. The van der Waals surface area contributed by atoms with Crippen LogP contribution in [0.2, 0.25) is 0 Å². The van der Waals surface area contributed by atoms with Crippen molar-refractivity contribution in [3.05, 3.63) is 89.4 Å². The van der Waals surface area contributed by atoms with Gasteiger partial charge in [-0.15, -0.1) is 0 Å². The van der Waals surface area contributed by atoms with Gasteiger partial charge < -0.3 is 0 Å². The number of benzene rings is 2. The van der Waals surface area contributed by atoms with Crippen molar-refractivity contribution >= 4 is 10.9 Å². The molecule has 4 rings (SSSR count). The summed E-state index contributed by atoms with van der Waals surface area (Å²) in [6, 6.07) is 21.1. The zero-order valence-corrected chi connectivity index (χ0v) is 13.9. The maximum Gasteiger partial charge on any atom is 0.0704 e. The summed E-state index contributed by atoms with van der Waals surface area (Å²) in [5.74, 6) is 0. The van der Waals surface area contributed by atoms with Gasteiger partial charge in [0.25, 0.3) is 0 Å². The van der Waals surface area contributed by atoms with Crippen LogP contribution in [0.1, 0.15) is 22.5 Å². The van der Waals surface area contributed by atoms with E-state index in [0.717, 1.165) is 29.0 Å². The Balaban J connectivity index is 1.82. The van der Waals surface area contributed by atoms with Crippen molar-refractivity contribution in [2.75, 3.05) is 0 Å². The predicted octanol–water partition coefficient (Wildman–Crippen LogP) is 4.63. The molecule has 0 atom stereocenters. The van der Waals surface area contributed by atoms with Gasteiger partial charge >= 0.3 is 0 Å². The standard InChI is InChI=1S/C21H19N3/c1-15-13-16(2)24(23-15)21-11-4-3-7-18(21)14-17-8-5-10-20-19(17)9-6-12-22-20/h3-13H,14H2,1-2H3. The van der Waals surface area contributed by atoms with Gasteiger partial charge in [-0.05, 0) is 49.2 Å². The van der Waals surface area contributed by atoms with Gasteiger partial charge in [0.15, 0.2) is 0 Å². The number of rotatable bonds is 3. The fourth-order valence-electron chi connectivity index (χ4n) is 3.27. The van der Waals surface area contributed by atoms with Crippen LogP contribution in [0.15, 0.2) is 66.9 Å². The molecule has 0 radical (unpaired) electrons. The van der Waals surface area contributed by atoms with Gasteiger partial charge in [0.1, 0.15) is 0 Å². The second-order valence-electron chi connectivity index (χ2n) is 6.13. The average Bonchev–Trinajstić information content (AvgIpc) is 2.94. The third kappa shape index (κ3) is 2.58. The molecule has 0 saturated heterocycles. The fraction of sp³-hybridized carbons (Fsp3) is 0.143. The molecule has 3 nitrogen and oxygen atoms in total. The number of fused-ring (bicyclic) bond motifs is 1. The Labute approximate surface area is 141 Å². The zero-order valence-electron chi connectivity index (χ0n) is 13.9. The van der Waals surface area contributed by atoms with Gasteiger partial charge in [0.2, 0.25) is 0 Å². The quantitative estimate of drug-likeness (QED) is 0.552. The minimum atomic E-state index is 0.859. The molecule has 0 spiro atoms. The summed E-state index contributed by atoms with van der Waals surface area (Å²) < 4.78 is 2.04. The second kappa shape index (κ2) is 5.93. The van der Waals surface area contributed by atoms with Gasteiger partial charge in [-0.3, -0.25) is 4.98 Å². The minimum Gasteiger partial charge on any atom is -0.256 e. The zero-order chi connectivity index (χ0) is 16.5. The van der Waals surface area contributed by atoms with Crippen molar-refractivity contribution in [2.45, 2.75) is 20.3 Å². The first-order valence-corrected chi connectivity index (χ1v) is 8.16. The Morgan fingerprint density at radius 3 is 2.54 bits per heavy atom. The van der Waals surface area contributed by atoms with Crippen LogP contribution < -0.4 is 0 Å². The van der Waals surface area contributed by atoms with Crippen molar-refractivity contribution in [3.63, 3.8) is 0 Å². The fourth-order valence-corrected chi connectivity index (χ4v) is 3.27. The molecule has 0 saturated carbocycles. The molecule has 0 aliphatic heterocycles. The Bertz CT molecular complexity index is 1010. The van der Waals surface area contributed by atoms with Gasteiger partial charge in [-0.25, -0.2) is 4.68 Å². The summed E-state index contributed by atoms with van der Waals surface area (Å²) >= 11 is 0. The summed E-state index contributed by atoms with van der Waals surface area (Å²) in [6.45, 7) is 4.13. The summed E-state index contributed by atoms with van der Waals surface area (Å²) in [7, 11) is 0. The highest BCUT2D eigenvalue weighted by atomic mass is 15.3. The minimum absolute atomic E-state index is 0.859. The number of aryl methyl sites for hydroxylation is 2. The maximum absolute atomic E-state index is 4.65. The number of hydrogen-bond donors (Lipinski definition) is 0. The van der Waals surface area contributed by atoms with Crippen LogP contribution in [-0.2, 0) is 6.42 Å². The molecule has 2 aromatic heterocycles. The average molecular weight is 313 g/mol. The number of nitrogens with zero attached hydrogens (tertiary/aromatic N) is 3. The van der Waals surface area contributed by atoms with Crippen LogP contribution in [0.3, 0.4) is 0 Å². The molecule has 0 bridgehead atoms. The lowest BCUT2D eigenvalue weighted by atomic mass is 9.99. The molecule has 0 fully saturated rings. The molecule has 118 valence electrons. The van der Waals surface area contributed by atoms with Crippen LogP contribution in [0, 0.1) is 13.8 Å². The summed E-state index contributed by atoms with van der Waals surface area (Å²) in [5, 5.41) is 5.86. The van der Waals surface area contributed by atoms with Crippen LogP contribution in [0.25, 0.3) is 16.6 Å². The maximum atomic E-state index is 4.65. The first-order valence-electron chi connectivity index (χ1n) is 8.16. The number of aromatic nitrogens is 3. The highest BCUT2D eigenvalue weighted by molar-refractivity contribution is 5.82. The molecule has 0 unspecified atom stereocenters. The van der Waals surface area contributed by atoms with Crippen LogP contribution in [0.4, 0.5) is 0 Å². The normalized spacial score (nSPS) is 11.1. The number of pyridine rings is 1. The molecule has 0 aliphatic carbocycles. The highest BCUT2D eigenvalue weighted by Gasteiger charge is 2.10. The van der Waals surface area contributed by atoms with Gasteiger partial charge in [0.05, 0.1) is 16.9 Å². The lowest BCUT2D eigenvalue weighted by Gasteiger charge is -2.12. The van der Waals surface area contributed by atoms with Crippen molar-refractivity contribution in [1.29, 1.82) is 0 Å². The van der Waals surface area contributed by atoms with E-state index >= 15 is 0 Å². The van der Waals surface area contributed by atoms with E-state index in [4.69, 9.17) is 0 Å². The third-order valence-electron chi connectivity index (χ3n) is 4.35. The van der Waals surface area contributed by atoms with E-state index in [0.29, 0.717) is 0 Å². The van der Waals surface area contributed by atoms with Crippen molar-refractivity contribution in [2.24, 2.45) is 0 Å². The Morgan fingerprint density at radius 1 is 0.875 bits per heavy atom. The van der Waals surface area contributed by atoms with Gasteiger partial charge in [0, 0.05) is 23.7 Å². The van der Waals surface area contributed by atoms with E-state index in [1.54, 1.807) is 0 Å². The molecule has 24 heavy (non-hydrogen) atoms. The first-order chi connectivity index (χ1) is 11.7. The topological polar surface area (TPSA) is 30.7 Å². The molecule has 0 aliphatic rings. The van der Waals surface area contributed by atoms with E-state index in [2.05, 4.69) is 71.6 Å².